The molecule has 2 rings (SSSR count). The van der Waals surface area contributed by atoms with Crippen LogP contribution in [0, 0.1) is 11.3 Å². The molecule has 21 heavy (non-hydrogen) atoms. The lowest BCUT2D eigenvalue weighted by atomic mass is 10.2. The van der Waals surface area contributed by atoms with Gasteiger partial charge in [-0.25, -0.2) is 0 Å². The normalized spacial score (nSPS) is 11.7. The van der Waals surface area contributed by atoms with Gasteiger partial charge in [0.15, 0.2) is 0 Å². The van der Waals surface area contributed by atoms with Gasteiger partial charge in [0.1, 0.15) is 0 Å². The number of hydrogen-bond acceptors (Lipinski definition) is 5. The van der Waals surface area contributed by atoms with Crippen molar-refractivity contribution < 1.29 is 5.11 Å². The van der Waals surface area contributed by atoms with E-state index in [-0.39, 0.29) is 0 Å². The second-order valence-corrected chi connectivity index (χ2v) is 4.81. The molecule has 2 aromatic rings. The second kappa shape index (κ2) is 7.36. The molecule has 5 heteroatoms. The number of anilines is 1. The van der Waals surface area contributed by atoms with E-state index in [1.165, 1.54) is 0 Å². The Morgan fingerprint density at radius 3 is 2.76 bits per heavy atom. The Hall–Kier alpha value is -2.45. The predicted molar refractivity (Wildman–Crippen MR) is 80.4 cm³/mol. The highest BCUT2D eigenvalue weighted by Crippen LogP contribution is 2.18. The quantitative estimate of drug-likeness (QED) is 0.881. The van der Waals surface area contributed by atoms with Gasteiger partial charge in [-0.1, -0.05) is 6.07 Å². The summed E-state index contributed by atoms with van der Waals surface area (Å²) in [5.41, 5.74) is 2.65. The zero-order chi connectivity index (χ0) is 15.1. The number of nitriles is 1. The summed E-state index contributed by atoms with van der Waals surface area (Å²) in [6.07, 6.45) is 5.15. The van der Waals surface area contributed by atoms with Crippen LogP contribution in [0.25, 0.3) is 0 Å². The summed E-state index contributed by atoms with van der Waals surface area (Å²) in [5, 5.41) is 18.3. The summed E-state index contributed by atoms with van der Waals surface area (Å²) in [4.78, 5) is 10.4. The molecule has 0 aliphatic carbocycles. The van der Waals surface area contributed by atoms with Gasteiger partial charge in [0.2, 0.25) is 0 Å². The lowest BCUT2D eigenvalue weighted by Gasteiger charge is -2.23. The number of pyridine rings is 2. The Morgan fingerprint density at radius 1 is 1.33 bits per heavy atom. The van der Waals surface area contributed by atoms with Gasteiger partial charge in [-0.05, 0) is 30.7 Å². The molecule has 0 aromatic carbocycles. The van der Waals surface area contributed by atoms with E-state index in [1.807, 2.05) is 30.5 Å². The minimum absolute atomic E-state index is 0.443. The fourth-order valence-corrected chi connectivity index (χ4v) is 2.03. The van der Waals surface area contributed by atoms with Crippen LogP contribution in [0.15, 0.2) is 42.9 Å². The highest BCUT2D eigenvalue weighted by atomic mass is 16.3. The van der Waals surface area contributed by atoms with E-state index >= 15 is 0 Å². The lowest BCUT2D eigenvalue weighted by Crippen LogP contribution is -2.24. The van der Waals surface area contributed by atoms with Crippen molar-refractivity contribution in [1.82, 2.24) is 9.97 Å². The van der Waals surface area contributed by atoms with Crippen molar-refractivity contribution in [2.45, 2.75) is 26.0 Å². The number of aliphatic hydroxyl groups is 1. The third kappa shape index (κ3) is 4.26. The molecule has 0 fully saturated rings. The van der Waals surface area contributed by atoms with Gasteiger partial charge in [0.05, 0.1) is 36.2 Å². The number of aliphatic hydroxyl groups excluding tert-OH is 1. The summed E-state index contributed by atoms with van der Waals surface area (Å²) < 4.78 is 0. The van der Waals surface area contributed by atoms with Crippen molar-refractivity contribution in [2.75, 3.05) is 11.4 Å². The summed E-state index contributed by atoms with van der Waals surface area (Å²) in [6.45, 7) is 2.98. The fourth-order valence-electron chi connectivity index (χ4n) is 2.03. The van der Waals surface area contributed by atoms with Gasteiger partial charge in [-0.15, -0.1) is 0 Å². The van der Waals surface area contributed by atoms with Crippen LogP contribution in [0.3, 0.4) is 0 Å². The van der Waals surface area contributed by atoms with Gasteiger partial charge >= 0.3 is 0 Å². The molecular formula is C16H18N4O. The van der Waals surface area contributed by atoms with Crippen LogP contribution in [0.5, 0.6) is 0 Å². The van der Waals surface area contributed by atoms with Crippen LogP contribution in [-0.2, 0) is 6.54 Å². The van der Waals surface area contributed by atoms with Crippen molar-refractivity contribution in [2.24, 2.45) is 0 Å². The lowest BCUT2D eigenvalue weighted by molar-refractivity contribution is 0.194. The smallest absolute Gasteiger partial charge is 0.0931 e. The van der Waals surface area contributed by atoms with E-state index in [1.54, 1.807) is 19.3 Å². The van der Waals surface area contributed by atoms with Gasteiger partial charge in [0, 0.05) is 25.5 Å². The first-order valence-electron chi connectivity index (χ1n) is 6.85. The van der Waals surface area contributed by atoms with Crippen molar-refractivity contribution in [1.29, 1.82) is 5.26 Å². The van der Waals surface area contributed by atoms with Crippen LogP contribution in [0.4, 0.5) is 5.69 Å². The first-order valence-corrected chi connectivity index (χ1v) is 6.85. The zero-order valence-corrected chi connectivity index (χ0v) is 12.0. The first-order chi connectivity index (χ1) is 10.2. The van der Waals surface area contributed by atoms with Crippen molar-refractivity contribution in [3.8, 4) is 6.07 Å². The Bertz CT molecular complexity index is 590. The van der Waals surface area contributed by atoms with Crippen LogP contribution >= 0.6 is 0 Å². The molecule has 0 amide bonds. The highest BCUT2D eigenvalue weighted by molar-refractivity contribution is 5.45. The molecule has 0 saturated heterocycles. The van der Waals surface area contributed by atoms with Gasteiger partial charge in [-0.2, -0.15) is 5.26 Å². The Labute approximate surface area is 124 Å². The van der Waals surface area contributed by atoms with E-state index < -0.39 is 6.10 Å². The van der Waals surface area contributed by atoms with Crippen molar-refractivity contribution in [3.63, 3.8) is 0 Å². The number of aromatic nitrogens is 2. The topological polar surface area (TPSA) is 73.0 Å². The minimum atomic E-state index is -0.579. The maximum Gasteiger partial charge on any atom is 0.0931 e. The molecule has 0 aliphatic heterocycles. The van der Waals surface area contributed by atoms with Crippen LogP contribution in [0.1, 0.15) is 30.7 Å². The van der Waals surface area contributed by atoms with Gasteiger partial charge < -0.3 is 10.0 Å². The van der Waals surface area contributed by atoms with E-state index in [0.717, 1.165) is 11.3 Å². The molecule has 2 heterocycles. The van der Waals surface area contributed by atoms with E-state index in [4.69, 9.17) is 5.26 Å². The monoisotopic (exact) mass is 282 g/mol. The average molecular weight is 282 g/mol. The summed E-state index contributed by atoms with van der Waals surface area (Å²) in [6, 6.07) is 9.79. The Balaban J connectivity index is 2.17. The Morgan fingerprint density at radius 2 is 2.19 bits per heavy atom. The molecule has 0 saturated carbocycles. The zero-order valence-electron chi connectivity index (χ0n) is 12.0. The number of rotatable bonds is 6. The van der Waals surface area contributed by atoms with Crippen molar-refractivity contribution in [3.05, 3.63) is 54.1 Å². The molecule has 1 unspecified atom stereocenters. The van der Waals surface area contributed by atoms with Crippen molar-refractivity contribution >= 4 is 5.69 Å². The predicted octanol–water partition coefficient (Wildman–Crippen LogP) is 2.45. The molecule has 2 aromatic heterocycles. The second-order valence-electron chi connectivity index (χ2n) is 4.81. The third-order valence-corrected chi connectivity index (χ3v) is 3.15. The molecule has 5 nitrogen and oxygen atoms in total. The van der Waals surface area contributed by atoms with Crippen LogP contribution in [0.2, 0.25) is 0 Å². The molecule has 0 aliphatic rings. The van der Waals surface area contributed by atoms with E-state index in [0.29, 0.717) is 25.2 Å². The largest absolute Gasteiger partial charge is 0.387 e. The number of nitrogens with zero attached hydrogens (tertiary/aromatic N) is 4. The standard InChI is InChI=1S/C16H18N4O/c1-13(21)16-6-5-15(11-19-16)20(9-3-7-17)12-14-4-2-8-18-10-14/h2,4-6,8,10-11,13,21H,3,9,12H2,1H3. The molecular weight excluding hydrogens is 264 g/mol. The molecule has 0 bridgehead atoms. The SMILES string of the molecule is CC(O)c1ccc(N(CCC#N)Cc2cccnc2)cn1. The van der Waals surface area contributed by atoms with Crippen LogP contribution in [-0.4, -0.2) is 21.6 Å². The molecule has 0 radical (unpaired) electrons. The summed E-state index contributed by atoms with van der Waals surface area (Å²) in [5.74, 6) is 0. The number of hydrogen-bond donors (Lipinski definition) is 1. The average Bonchev–Trinajstić information content (AvgIpc) is 2.52. The molecule has 108 valence electrons. The minimum Gasteiger partial charge on any atom is -0.387 e. The van der Waals surface area contributed by atoms with E-state index in [9.17, 15) is 5.11 Å². The van der Waals surface area contributed by atoms with Crippen LogP contribution < -0.4 is 4.90 Å². The summed E-state index contributed by atoms with van der Waals surface area (Å²) in [7, 11) is 0. The molecule has 0 spiro atoms. The molecule has 1 N–H and O–H groups in total. The molecule has 1 atom stereocenters. The first kappa shape index (κ1) is 14.9. The van der Waals surface area contributed by atoms with Gasteiger partial charge in [0.25, 0.3) is 0 Å². The maximum atomic E-state index is 9.50. The fraction of sp³-hybridized carbons (Fsp3) is 0.312. The maximum absolute atomic E-state index is 9.50. The van der Waals surface area contributed by atoms with Gasteiger partial charge in [-0.3, -0.25) is 9.97 Å². The Kier molecular flexibility index (Phi) is 5.24. The third-order valence-electron chi connectivity index (χ3n) is 3.15. The summed E-state index contributed by atoms with van der Waals surface area (Å²) >= 11 is 0. The van der Waals surface area contributed by atoms with E-state index in [2.05, 4.69) is 20.9 Å². The highest BCUT2D eigenvalue weighted by Gasteiger charge is 2.09.